The molecule has 2 heterocycles. The van der Waals surface area contributed by atoms with E-state index in [0.29, 0.717) is 0 Å². The third-order valence-electron chi connectivity index (χ3n) is 3.24. The minimum atomic E-state index is 0.836. The normalized spacial score (nSPS) is 13.7. The van der Waals surface area contributed by atoms with Crippen LogP contribution in [0, 0.1) is 6.92 Å². The van der Waals surface area contributed by atoms with Crippen LogP contribution < -0.4 is 5.32 Å². The van der Waals surface area contributed by atoms with Gasteiger partial charge in [-0.2, -0.15) is 0 Å². The van der Waals surface area contributed by atoms with Gasteiger partial charge in [-0.3, -0.25) is 0 Å². The molecule has 1 aromatic carbocycles. The Balaban J connectivity index is 2.03. The van der Waals surface area contributed by atoms with E-state index in [1.54, 1.807) is 11.8 Å². The number of fused-ring (bicyclic) bond motifs is 1. The Morgan fingerprint density at radius 2 is 1.89 bits per heavy atom. The van der Waals surface area contributed by atoms with Gasteiger partial charge in [-0.15, -0.1) is 11.8 Å². The van der Waals surface area contributed by atoms with E-state index >= 15 is 0 Å². The van der Waals surface area contributed by atoms with Crippen molar-refractivity contribution in [2.24, 2.45) is 0 Å². The molecule has 0 saturated heterocycles. The van der Waals surface area contributed by atoms with Gasteiger partial charge in [0.25, 0.3) is 0 Å². The molecular weight excluding hydrogens is 242 g/mol. The maximum atomic E-state index is 4.66. The van der Waals surface area contributed by atoms with Gasteiger partial charge in [0.1, 0.15) is 0 Å². The molecule has 0 saturated carbocycles. The average Bonchev–Trinajstić information content (AvgIpc) is 2.88. The molecule has 0 spiro atoms. The van der Waals surface area contributed by atoms with E-state index in [0.717, 1.165) is 35.9 Å². The van der Waals surface area contributed by atoms with E-state index in [2.05, 4.69) is 52.7 Å². The number of benzene rings is 1. The van der Waals surface area contributed by atoms with Gasteiger partial charge in [-0.25, -0.2) is 9.97 Å². The molecule has 0 amide bonds. The summed E-state index contributed by atoms with van der Waals surface area (Å²) in [4.78, 5) is 10.5. The molecule has 3 rings (SSSR count). The Bertz CT molecular complexity index is 578. The van der Waals surface area contributed by atoms with Crippen molar-refractivity contribution in [2.75, 3.05) is 6.26 Å². The second-order valence-corrected chi connectivity index (χ2v) is 5.27. The highest BCUT2D eigenvalue weighted by Crippen LogP contribution is 2.24. The van der Waals surface area contributed by atoms with Crippen molar-refractivity contribution in [3.8, 4) is 11.4 Å². The zero-order valence-electron chi connectivity index (χ0n) is 10.5. The van der Waals surface area contributed by atoms with Crippen molar-refractivity contribution in [3.63, 3.8) is 0 Å². The van der Waals surface area contributed by atoms with Crippen LogP contribution in [0.4, 0.5) is 0 Å². The van der Waals surface area contributed by atoms with Crippen molar-refractivity contribution in [1.29, 1.82) is 0 Å². The summed E-state index contributed by atoms with van der Waals surface area (Å²) in [7, 11) is 0. The van der Waals surface area contributed by atoms with E-state index in [4.69, 9.17) is 0 Å². The predicted molar refractivity (Wildman–Crippen MR) is 74.5 cm³/mol. The minimum Gasteiger partial charge on any atom is -0.307 e. The van der Waals surface area contributed by atoms with Crippen LogP contribution in [0.3, 0.4) is 0 Å². The molecule has 0 aliphatic carbocycles. The molecular formula is C14H15N3S. The highest BCUT2D eigenvalue weighted by atomic mass is 32.2. The molecule has 1 aliphatic heterocycles. The van der Waals surface area contributed by atoms with E-state index in [-0.39, 0.29) is 0 Å². The van der Waals surface area contributed by atoms with Crippen molar-refractivity contribution in [1.82, 2.24) is 15.3 Å². The first-order chi connectivity index (χ1) is 8.78. The first-order valence-electron chi connectivity index (χ1n) is 5.99. The first kappa shape index (κ1) is 11.7. The second kappa shape index (κ2) is 4.71. The molecule has 1 aromatic heterocycles. The number of aromatic nitrogens is 2. The summed E-state index contributed by atoms with van der Waals surface area (Å²) >= 11 is 1.75. The smallest absolute Gasteiger partial charge is 0.159 e. The molecule has 1 aliphatic rings. The molecule has 3 nitrogen and oxygen atoms in total. The molecule has 0 fully saturated rings. The van der Waals surface area contributed by atoms with Gasteiger partial charge in [-0.1, -0.05) is 12.1 Å². The fraction of sp³-hybridized carbons (Fsp3) is 0.286. The highest BCUT2D eigenvalue weighted by molar-refractivity contribution is 7.98. The zero-order chi connectivity index (χ0) is 12.5. The van der Waals surface area contributed by atoms with Gasteiger partial charge in [0.2, 0.25) is 0 Å². The van der Waals surface area contributed by atoms with Crippen LogP contribution in [0.2, 0.25) is 0 Å². The fourth-order valence-electron chi connectivity index (χ4n) is 2.21. The maximum Gasteiger partial charge on any atom is 0.159 e. The molecule has 0 unspecified atom stereocenters. The molecule has 1 N–H and O–H groups in total. The Labute approximate surface area is 111 Å². The number of hydrogen-bond acceptors (Lipinski definition) is 4. The van der Waals surface area contributed by atoms with Crippen LogP contribution in [0.5, 0.6) is 0 Å². The summed E-state index contributed by atoms with van der Waals surface area (Å²) in [5.41, 5.74) is 4.59. The second-order valence-electron chi connectivity index (χ2n) is 4.39. The Morgan fingerprint density at radius 1 is 1.11 bits per heavy atom. The van der Waals surface area contributed by atoms with Crippen molar-refractivity contribution in [2.45, 2.75) is 24.9 Å². The Hall–Kier alpha value is -1.39. The fourth-order valence-corrected chi connectivity index (χ4v) is 2.61. The largest absolute Gasteiger partial charge is 0.307 e. The lowest BCUT2D eigenvalue weighted by Gasteiger charge is -2.06. The Kier molecular flexibility index (Phi) is 3.06. The Morgan fingerprint density at radius 3 is 2.61 bits per heavy atom. The third-order valence-corrected chi connectivity index (χ3v) is 3.99. The predicted octanol–water partition coefficient (Wildman–Crippen LogP) is 2.78. The number of nitrogens with one attached hydrogen (secondary N) is 1. The quantitative estimate of drug-likeness (QED) is 0.840. The lowest BCUT2D eigenvalue weighted by atomic mass is 10.1. The maximum absolute atomic E-state index is 4.66. The third kappa shape index (κ3) is 2.02. The monoisotopic (exact) mass is 257 g/mol. The van der Waals surface area contributed by atoms with Crippen LogP contribution in [0.15, 0.2) is 29.2 Å². The average molecular weight is 257 g/mol. The summed E-state index contributed by atoms with van der Waals surface area (Å²) < 4.78 is 0. The van der Waals surface area contributed by atoms with Crippen molar-refractivity contribution < 1.29 is 0 Å². The van der Waals surface area contributed by atoms with E-state index in [1.165, 1.54) is 10.5 Å². The van der Waals surface area contributed by atoms with Crippen LogP contribution in [0.1, 0.15) is 17.0 Å². The molecule has 2 aromatic rings. The molecule has 0 bridgehead atoms. The molecule has 92 valence electrons. The molecule has 0 radical (unpaired) electrons. The summed E-state index contributed by atoms with van der Waals surface area (Å²) in [6.45, 7) is 3.81. The summed E-state index contributed by atoms with van der Waals surface area (Å²) in [5, 5.41) is 3.32. The summed E-state index contributed by atoms with van der Waals surface area (Å²) in [6.07, 6.45) is 2.08. The van der Waals surface area contributed by atoms with Gasteiger partial charge < -0.3 is 5.32 Å². The van der Waals surface area contributed by atoms with E-state index in [1.807, 2.05) is 0 Å². The number of thioether (sulfide) groups is 1. The lowest BCUT2D eigenvalue weighted by Crippen LogP contribution is -2.00. The van der Waals surface area contributed by atoms with Gasteiger partial charge >= 0.3 is 0 Å². The molecule has 0 atom stereocenters. The molecule has 4 heteroatoms. The van der Waals surface area contributed by atoms with Crippen LogP contribution in [-0.4, -0.2) is 16.2 Å². The highest BCUT2D eigenvalue weighted by Gasteiger charge is 2.16. The summed E-state index contributed by atoms with van der Waals surface area (Å²) in [6, 6.07) is 8.42. The minimum absolute atomic E-state index is 0.836. The number of rotatable bonds is 2. The van der Waals surface area contributed by atoms with Gasteiger partial charge in [0.05, 0.1) is 5.69 Å². The summed E-state index contributed by atoms with van der Waals surface area (Å²) in [5.74, 6) is 0.836. The van der Waals surface area contributed by atoms with E-state index in [9.17, 15) is 0 Å². The number of nitrogens with zero attached hydrogens (tertiary/aromatic N) is 2. The van der Waals surface area contributed by atoms with E-state index < -0.39 is 0 Å². The van der Waals surface area contributed by atoms with Crippen LogP contribution in [0.25, 0.3) is 11.4 Å². The lowest BCUT2D eigenvalue weighted by molar-refractivity contribution is 0.757. The SMILES string of the molecule is CSc1ccc(-c2nc(C)c3c(n2)CNC3)cc1. The van der Waals surface area contributed by atoms with Gasteiger partial charge in [0.15, 0.2) is 5.82 Å². The standard InChI is InChI=1S/C14H15N3S/c1-9-12-7-15-8-13(12)17-14(16-9)10-3-5-11(18-2)6-4-10/h3-6,15H,7-8H2,1-2H3. The van der Waals surface area contributed by atoms with Crippen molar-refractivity contribution in [3.05, 3.63) is 41.2 Å². The van der Waals surface area contributed by atoms with Crippen LogP contribution >= 0.6 is 11.8 Å². The first-order valence-corrected chi connectivity index (χ1v) is 7.22. The number of aryl methyl sites for hydroxylation is 1. The zero-order valence-corrected chi connectivity index (χ0v) is 11.3. The molecule has 18 heavy (non-hydrogen) atoms. The van der Waals surface area contributed by atoms with Crippen LogP contribution in [-0.2, 0) is 13.1 Å². The number of hydrogen-bond donors (Lipinski definition) is 1. The topological polar surface area (TPSA) is 37.8 Å². The van der Waals surface area contributed by atoms with Gasteiger partial charge in [-0.05, 0) is 25.3 Å². The van der Waals surface area contributed by atoms with Gasteiger partial charge in [0, 0.05) is 34.8 Å². The van der Waals surface area contributed by atoms with Crippen molar-refractivity contribution >= 4 is 11.8 Å².